The molecule has 2 unspecified atom stereocenters. The van der Waals surface area contributed by atoms with Crippen LogP contribution in [0.15, 0.2) is 9.64 Å². The molecule has 1 aromatic rings. The van der Waals surface area contributed by atoms with E-state index in [2.05, 4.69) is 21.6 Å². The molecule has 98 valence electrons. The molecule has 0 spiro atoms. The number of hydrogen-bond donors (Lipinski definition) is 1. The average molecular weight is 266 g/mol. The maximum absolute atomic E-state index is 9.39. The number of nitrogens with one attached hydrogen (secondary N) is 1. The monoisotopic (exact) mass is 266 g/mol. The molecular formula is C12H18N4OS. The van der Waals surface area contributed by atoms with Gasteiger partial charge < -0.3 is 4.42 Å². The number of nitriles is 1. The molecule has 0 bridgehead atoms. The predicted molar refractivity (Wildman–Crippen MR) is 69.2 cm³/mol. The fraction of sp³-hybridized carbons (Fsp3) is 0.750. The van der Waals surface area contributed by atoms with Crippen LogP contribution in [0.25, 0.3) is 0 Å². The summed E-state index contributed by atoms with van der Waals surface area (Å²) in [6.07, 6.45) is 3.92. The van der Waals surface area contributed by atoms with E-state index in [-0.39, 0.29) is 5.54 Å². The highest BCUT2D eigenvalue weighted by Crippen LogP contribution is 2.37. The summed E-state index contributed by atoms with van der Waals surface area (Å²) in [5.41, 5.74) is -0.375. The van der Waals surface area contributed by atoms with Gasteiger partial charge in [-0.1, -0.05) is 18.7 Å². The molecule has 0 radical (unpaired) electrons. The van der Waals surface area contributed by atoms with Crippen molar-refractivity contribution in [2.75, 3.05) is 6.54 Å². The Morgan fingerprint density at radius 2 is 2.44 bits per heavy atom. The summed E-state index contributed by atoms with van der Waals surface area (Å²) in [6, 6.07) is 2.45. The van der Waals surface area contributed by atoms with Gasteiger partial charge in [0.1, 0.15) is 5.54 Å². The Hall–Kier alpha value is -1.06. The van der Waals surface area contributed by atoms with E-state index in [9.17, 15) is 5.26 Å². The fourth-order valence-corrected chi connectivity index (χ4v) is 3.63. The normalized spacial score (nSPS) is 27.9. The summed E-state index contributed by atoms with van der Waals surface area (Å²) in [5.74, 6) is 0.589. The summed E-state index contributed by atoms with van der Waals surface area (Å²) in [4.78, 5) is 0. The molecule has 2 rings (SSSR count). The number of nitrogens with zero attached hydrogens (tertiary/aromatic N) is 3. The van der Waals surface area contributed by atoms with Crippen LogP contribution in [-0.2, 0) is 0 Å². The van der Waals surface area contributed by atoms with Crippen molar-refractivity contribution in [3.8, 4) is 6.07 Å². The molecule has 1 heterocycles. The Balaban J connectivity index is 2.00. The van der Waals surface area contributed by atoms with E-state index in [1.165, 1.54) is 0 Å². The molecule has 18 heavy (non-hydrogen) atoms. The van der Waals surface area contributed by atoms with Crippen LogP contribution in [0.2, 0.25) is 0 Å². The SMILES string of the molecule is CCNC1(C#N)CCCC(Sc2nnc(C)o2)C1. The Bertz CT molecular complexity index is 438. The Labute approximate surface area is 111 Å². The number of aromatic nitrogens is 2. The minimum Gasteiger partial charge on any atom is -0.416 e. The van der Waals surface area contributed by atoms with Crippen molar-refractivity contribution in [2.24, 2.45) is 0 Å². The lowest BCUT2D eigenvalue weighted by molar-refractivity contribution is 0.308. The quantitative estimate of drug-likeness (QED) is 0.901. The van der Waals surface area contributed by atoms with Gasteiger partial charge in [0.05, 0.1) is 6.07 Å². The zero-order chi connectivity index (χ0) is 13.0. The molecule has 1 fully saturated rings. The van der Waals surface area contributed by atoms with Crippen LogP contribution in [-0.4, -0.2) is 27.5 Å². The van der Waals surface area contributed by atoms with Crippen molar-refractivity contribution in [3.63, 3.8) is 0 Å². The first-order valence-corrected chi connectivity index (χ1v) is 7.18. The van der Waals surface area contributed by atoms with Gasteiger partial charge in [0.25, 0.3) is 5.22 Å². The summed E-state index contributed by atoms with van der Waals surface area (Å²) in [6.45, 7) is 4.65. The van der Waals surface area contributed by atoms with Crippen molar-refractivity contribution in [1.82, 2.24) is 15.5 Å². The lowest BCUT2D eigenvalue weighted by atomic mass is 9.82. The first-order chi connectivity index (χ1) is 8.67. The van der Waals surface area contributed by atoms with Crippen molar-refractivity contribution < 1.29 is 4.42 Å². The molecule has 0 aromatic carbocycles. The largest absolute Gasteiger partial charge is 0.416 e. The van der Waals surface area contributed by atoms with Gasteiger partial charge in [0.15, 0.2) is 0 Å². The minimum absolute atomic E-state index is 0.372. The lowest BCUT2D eigenvalue weighted by Crippen LogP contribution is -2.48. The molecule has 1 saturated carbocycles. The highest BCUT2D eigenvalue weighted by atomic mass is 32.2. The first-order valence-electron chi connectivity index (χ1n) is 6.30. The second kappa shape index (κ2) is 5.72. The summed E-state index contributed by atoms with van der Waals surface area (Å²) < 4.78 is 5.39. The maximum atomic E-state index is 9.39. The van der Waals surface area contributed by atoms with E-state index < -0.39 is 0 Å². The van der Waals surface area contributed by atoms with Gasteiger partial charge in [0.2, 0.25) is 5.89 Å². The van der Waals surface area contributed by atoms with Crippen LogP contribution in [0.1, 0.15) is 38.5 Å². The van der Waals surface area contributed by atoms with Crippen LogP contribution >= 0.6 is 11.8 Å². The van der Waals surface area contributed by atoms with E-state index in [4.69, 9.17) is 4.42 Å². The fourth-order valence-electron chi connectivity index (χ4n) is 2.43. The molecule has 6 heteroatoms. The van der Waals surface area contributed by atoms with Crippen LogP contribution in [0.5, 0.6) is 0 Å². The van der Waals surface area contributed by atoms with E-state index in [1.807, 2.05) is 6.92 Å². The van der Waals surface area contributed by atoms with Crippen LogP contribution in [0.4, 0.5) is 0 Å². The predicted octanol–water partition coefficient (Wildman–Crippen LogP) is 2.28. The van der Waals surface area contributed by atoms with Crippen molar-refractivity contribution in [1.29, 1.82) is 5.26 Å². The number of rotatable bonds is 4. The molecule has 0 saturated heterocycles. The van der Waals surface area contributed by atoms with Crippen LogP contribution in [0.3, 0.4) is 0 Å². The Morgan fingerprint density at radius 1 is 1.61 bits per heavy atom. The summed E-state index contributed by atoms with van der Waals surface area (Å²) >= 11 is 1.60. The number of thioether (sulfide) groups is 1. The average Bonchev–Trinajstić information content (AvgIpc) is 2.75. The van der Waals surface area contributed by atoms with E-state index >= 15 is 0 Å². The third kappa shape index (κ3) is 3.03. The third-order valence-electron chi connectivity index (χ3n) is 3.21. The highest BCUT2D eigenvalue weighted by Gasteiger charge is 2.36. The van der Waals surface area contributed by atoms with E-state index in [0.29, 0.717) is 16.4 Å². The molecule has 1 N–H and O–H groups in total. The molecule has 0 aliphatic heterocycles. The topological polar surface area (TPSA) is 74.7 Å². The smallest absolute Gasteiger partial charge is 0.276 e. The second-order valence-electron chi connectivity index (χ2n) is 4.65. The Morgan fingerprint density at radius 3 is 3.06 bits per heavy atom. The van der Waals surface area contributed by atoms with Crippen molar-refractivity contribution >= 4 is 11.8 Å². The molecule has 1 aliphatic carbocycles. The number of aryl methyl sites for hydroxylation is 1. The standard InChI is InChI=1S/C12H18N4OS/c1-3-14-12(8-13)6-4-5-10(7-12)18-11-16-15-9(2)17-11/h10,14H,3-7H2,1-2H3. The molecule has 2 atom stereocenters. The van der Waals surface area contributed by atoms with Crippen LogP contribution in [0, 0.1) is 18.3 Å². The summed E-state index contributed by atoms with van der Waals surface area (Å²) in [7, 11) is 0. The van der Waals surface area contributed by atoms with Gasteiger partial charge in [-0.05, 0) is 32.2 Å². The van der Waals surface area contributed by atoms with Gasteiger partial charge in [-0.3, -0.25) is 5.32 Å². The second-order valence-corrected chi connectivity index (χ2v) is 5.90. The minimum atomic E-state index is -0.375. The van der Waals surface area contributed by atoms with Gasteiger partial charge >= 0.3 is 0 Å². The number of hydrogen-bond acceptors (Lipinski definition) is 6. The zero-order valence-corrected chi connectivity index (χ0v) is 11.6. The molecule has 0 amide bonds. The molecular weight excluding hydrogens is 248 g/mol. The van der Waals surface area contributed by atoms with Crippen LogP contribution < -0.4 is 5.32 Å². The molecule has 5 nitrogen and oxygen atoms in total. The van der Waals surface area contributed by atoms with Gasteiger partial charge in [0, 0.05) is 12.2 Å². The summed E-state index contributed by atoms with van der Waals surface area (Å²) in [5, 5.41) is 21.5. The maximum Gasteiger partial charge on any atom is 0.276 e. The Kier molecular flexibility index (Phi) is 4.25. The third-order valence-corrected chi connectivity index (χ3v) is 4.31. The highest BCUT2D eigenvalue weighted by molar-refractivity contribution is 7.99. The van der Waals surface area contributed by atoms with Gasteiger partial charge in [-0.2, -0.15) is 5.26 Å². The van der Waals surface area contributed by atoms with Gasteiger partial charge in [-0.25, -0.2) is 0 Å². The lowest BCUT2D eigenvalue weighted by Gasteiger charge is -2.35. The van der Waals surface area contributed by atoms with Gasteiger partial charge in [-0.15, -0.1) is 10.2 Å². The van der Waals surface area contributed by atoms with E-state index in [1.54, 1.807) is 18.7 Å². The first kappa shape index (κ1) is 13.4. The van der Waals surface area contributed by atoms with E-state index in [0.717, 1.165) is 32.2 Å². The molecule has 1 aliphatic rings. The van der Waals surface area contributed by atoms with Crippen molar-refractivity contribution in [3.05, 3.63) is 5.89 Å². The zero-order valence-electron chi connectivity index (χ0n) is 10.8. The molecule has 1 aromatic heterocycles. The van der Waals surface area contributed by atoms with Crippen molar-refractivity contribution in [2.45, 2.75) is 55.5 Å².